The smallest absolute Gasteiger partial charge is 0.185 e. The second kappa shape index (κ2) is 6.54. The Morgan fingerprint density at radius 3 is 2.62 bits per heavy atom. The van der Waals surface area contributed by atoms with E-state index in [4.69, 9.17) is 36.8 Å². The normalized spacial score (nSPS) is 28.1. The predicted octanol–water partition coefficient (Wildman–Crippen LogP) is 4.46. The van der Waals surface area contributed by atoms with Crippen LogP contribution in [0.2, 0.25) is 5.02 Å². The van der Waals surface area contributed by atoms with Crippen molar-refractivity contribution in [2.45, 2.75) is 37.5 Å². The Morgan fingerprint density at radius 1 is 1.14 bits per heavy atom. The number of fused-ring (bicyclic) bond motifs is 2. The van der Waals surface area contributed by atoms with Gasteiger partial charge in [-0.2, -0.15) is 0 Å². The van der Waals surface area contributed by atoms with Crippen molar-refractivity contribution in [3.63, 3.8) is 0 Å². The molecule has 3 aliphatic heterocycles. The van der Waals surface area contributed by atoms with Crippen LogP contribution in [0.15, 0.2) is 46.4 Å². The van der Waals surface area contributed by atoms with Crippen molar-refractivity contribution in [3.05, 3.63) is 52.8 Å². The van der Waals surface area contributed by atoms with Crippen molar-refractivity contribution < 1.29 is 13.9 Å². The van der Waals surface area contributed by atoms with Crippen molar-refractivity contribution >= 4 is 23.1 Å². The Morgan fingerprint density at radius 2 is 1.93 bits per heavy atom. The minimum Gasteiger partial charge on any atom is -0.484 e. The van der Waals surface area contributed by atoms with E-state index in [2.05, 4.69) is 0 Å². The van der Waals surface area contributed by atoms with Gasteiger partial charge in [-0.15, -0.1) is 0 Å². The minimum atomic E-state index is -0.831. The molecule has 0 radical (unpaired) electrons. The lowest BCUT2D eigenvalue weighted by molar-refractivity contribution is -0.0927. The predicted molar refractivity (Wildman–Crippen MR) is 111 cm³/mol. The summed E-state index contributed by atoms with van der Waals surface area (Å²) < 4.78 is 25.8. The first-order valence-electron chi connectivity index (χ1n) is 9.69. The molecule has 7 heteroatoms. The SMILES string of the molecule is CC1=N[C@@]2(C[C@]3(CCCOC3)Oc3ccc(-c4ccc(F)c(Cl)c4)cc32)N=C1N. The third-order valence-electron chi connectivity index (χ3n) is 5.87. The first kappa shape index (κ1) is 18.6. The number of nitrogens with two attached hydrogens (primary N) is 1. The Kier molecular flexibility index (Phi) is 4.19. The molecule has 2 atom stereocenters. The molecule has 2 spiro atoms. The molecule has 0 aromatic heterocycles. The maximum Gasteiger partial charge on any atom is 0.185 e. The van der Waals surface area contributed by atoms with Crippen LogP contribution < -0.4 is 10.5 Å². The van der Waals surface area contributed by atoms with Crippen LogP contribution in [0.1, 0.15) is 31.7 Å². The van der Waals surface area contributed by atoms with E-state index in [0.717, 1.165) is 47.6 Å². The van der Waals surface area contributed by atoms with Gasteiger partial charge >= 0.3 is 0 Å². The fourth-order valence-corrected chi connectivity index (χ4v) is 4.67. The lowest BCUT2D eigenvalue weighted by Crippen LogP contribution is -2.51. The van der Waals surface area contributed by atoms with E-state index in [1.54, 1.807) is 12.1 Å². The van der Waals surface area contributed by atoms with Crippen molar-refractivity contribution in [1.82, 2.24) is 0 Å². The molecular formula is C22H21ClFN3O2. The lowest BCUT2D eigenvalue weighted by atomic mass is 9.79. The van der Waals surface area contributed by atoms with Crippen molar-refractivity contribution in [2.75, 3.05) is 13.2 Å². The van der Waals surface area contributed by atoms with Crippen molar-refractivity contribution in [1.29, 1.82) is 0 Å². The number of halogens is 2. The van der Waals surface area contributed by atoms with Gasteiger partial charge in [0.2, 0.25) is 0 Å². The highest BCUT2D eigenvalue weighted by Crippen LogP contribution is 2.51. The van der Waals surface area contributed by atoms with Gasteiger partial charge in [0.15, 0.2) is 5.66 Å². The van der Waals surface area contributed by atoms with Gasteiger partial charge in [-0.1, -0.05) is 23.7 Å². The van der Waals surface area contributed by atoms with Crippen molar-refractivity contribution in [3.8, 4) is 16.9 Å². The summed E-state index contributed by atoms with van der Waals surface area (Å²) in [5.74, 6) is 0.731. The third-order valence-corrected chi connectivity index (χ3v) is 6.16. The average Bonchev–Trinajstić information content (AvgIpc) is 2.98. The summed E-state index contributed by atoms with van der Waals surface area (Å²) in [4.78, 5) is 9.67. The molecule has 3 aliphatic rings. The summed E-state index contributed by atoms with van der Waals surface area (Å²) in [6.07, 6.45) is 2.38. The van der Waals surface area contributed by atoms with E-state index in [1.807, 2.05) is 25.1 Å². The molecule has 5 rings (SSSR count). The molecule has 2 aromatic rings. The molecule has 5 nitrogen and oxygen atoms in total. The Balaban J connectivity index is 1.66. The molecule has 29 heavy (non-hydrogen) atoms. The first-order valence-corrected chi connectivity index (χ1v) is 10.1. The number of amidine groups is 1. The summed E-state index contributed by atoms with van der Waals surface area (Å²) in [7, 11) is 0. The number of nitrogens with zero attached hydrogens (tertiary/aromatic N) is 2. The van der Waals surface area contributed by atoms with Gasteiger partial charge in [-0.25, -0.2) is 9.38 Å². The maximum atomic E-state index is 13.6. The molecule has 150 valence electrons. The van der Waals surface area contributed by atoms with Gasteiger partial charge in [0.25, 0.3) is 0 Å². The van der Waals surface area contributed by atoms with Crippen LogP contribution in [0.4, 0.5) is 4.39 Å². The number of hydrogen-bond donors (Lipinski definition) is 1. The fraction of sp³-hybridized carbons (Fsp3) is 0.364. The standard InChI is InChI=1S/C22H21ClFN3O2/c1-13-20(25)27-22(26-13)11-21(7-2-8-28-12-21)29-19-6-4-14(9-16(19)22)15-3-5-18(24)17(23)10-15/h3-6,9-10H,2,7-8,11-12H2,1H3,(H2,25,27)/t21-,22-/m0/s1. The molecule has 0 bridgehead atoms. The lowest BCUT2D eigenvalue weighted by Gasteiger charge is -2.46. The van der Waals surface area contributed by atoms with Gasteiger partial charge in [0.1, 0.15) is 23.0 Å². The van der Waals surface area contributed by atoms with Crippen LogP contribution in [0.5, 0.6) is 5.75 Å². The van der Waals surface area contributed by atoms with E-state index >= 15 is 0 Å². The molecule has 0 aliphatic carbocycles. The molecule has 1 saturated heterocycles. The van der Waals surface area contributed by atoms with E-state index in [1.165, 1.54) is 6.07 Å². The number of hydrogen-bond acceptors (Lipinski definition) is 5. The summed E-state index contributed by atoms with van der Waals surface area (Å²) in [6.45, 7) is 3.12. The molecule has 0 saturated carbocycles. The first-order chi connectivity index (χ1) is 13.9. The summed E-state index contributed by atoms with van der Waals surface area (Å²) in [5.41, 5.74) is 8.11. The zero-order chi connectivity index (χ0) is 20.2. The molecule has 3 heterocycles. The molecular weight excluding hydrogens is 393 g/mol. The van der Waals surface area contributed by atoms with Crippen LogP contribution in [-0.4, -0.2) is 30.4 Å². The van der Waals surface area contributed by atoms with Gasteiger partial charge in [0.05, 0.1) is 17.3 Å². The highest BCUT2D eigenvalue weighted by Gasteiger charge is 2.52. The van der Waals surface area contributed by atoms with Crippen LogP contribution in [0, 0.1) is 5.82 Å². The summed E-state index contributed by atoms with van der Waals surface area (Å²) in [6, 6.07) is 10.5. The number of aliphatic imine (C=N–C) groups is 2. The number of benzene rings is 2. The minimum absolute atomic E-state index is 0.0847. The topological polar surface area (TPSA) is 69.2 Å². The van der Waals surface area contributed by atoms with E-state index < -0.39 is 17.1 Å². The van der Waals surface area contributed by atoms with Gasteiger partial charge in [-0.05, 0) is 55.2 Å². The second-order valence-corrected chi connectivity index (χ2v) is 8.38. The molecule has 0 unspecified atom stereocenters. The van der Waals surface area contributed by atoms with E-state index in [9.17, 15) is 4.39 Å². The van der Waals surface area contributed by atoms with Crippen LogP contribution >= 0.6 is 11.6 Å². The zero-order valence-electron chi connectivity index (χ0n) is 16.0. The molecule has 1 fully saturated rings. The fourth-order valence-electron chi connectivity index (χ4n) is 4.49. The quantitative estimate of drug-likeness (QED) is 0.750. The average molecular weight is 414 g/mol. The van der Waals surface area contributed by atoms with Crippen LogP contribution in [0.25, 0.3) is 11.1 Å². The van der Waals surface area contributed by atoms with Crippen molar-refractivity contribution in [2.24, 2.45) is 15.7 Å². The highest BCUT2D eigenvalue weighted by atomic mass is 35.5. The Labute approximate surface area is 173 Å². The van der Waals surface area contributed by atoms with Gasteiger partial charge in [0, 0.05) is 18.6 Å². The molecule has 2 N–H and O–H groups in total. The van der Waals surface area contributed by atoms with E-state index in [0.29, 0.717) is 18.9 Å². The zero-order valence-corrected chi connectivity index (χ0v) is 16.8. The van der Waals surface area contributed by atoms with Gasteiger partial charge in [-0.3, -0.25) is 4.99 Å². The monoisotopic (exact) mass is 413 g/mol. The van der Waals surface area contributed by atoms with Crippen LogP contribution in [0.3, 0.4) is 0 Å². The van der Waals surface area contributed by atoms with Gasteiger partial charge < -0.3 is 15.2 Å². The largest absolute Gasteiger partial charge is 0.484 e. The number of rotatable bonds is 1. The second-order valence-electron chi connectivity index (χ2n) is 7.97. The Hall–Kier alpha value is -2.44. The number of ether oxygens (including phenoxy) is 2. The van der Waals surface area contributed by atoms with Crippen LogP contribution in [-0.2, 0) is 10.4 Å². The third kappa shape index (κ3) is 3.02. The summed E-state index contributed by atoms with van der Waals surface area (Å²) >= 11 is 5.99. The molecule has 0 amide bonds. The highest BCUT2D eigenvalue weighted by molar-refractivity contribution is 6.41. The molecule has 2 aromatic carbocycles. The maximum absolute atomic E-state index is 13.6. The van der Waals surface area contributed by atoms with E-state index in [-0.39, 0.29) is 5.02 Å². The Bertz CT molecular complexity index is 1040. The summed E-state index contributed by atoms with van der Waals surface area (Å²) in [5, 5.41) is 0.0847.